The molecular weight excluding hydrogens is 250 g/mol. The molecule has 0 amide bonds. The summed E-state index contributed by atoms with van der Waals surface area (Å²) in [6, 6.07) is 8.03. The lowest BCUT2D eigenvalue weighted by molar-refractivity contribution is -0.110. The fourth-order valence-electron chi connectivity index (χ4n) is 3.04. The quantitative estimate of drug-likeness (QED) is 0.797. The predicted molar refractivity (Wildman–Crippen MR) is 80.4 cm³/mol. The SMILES string of the molecule is CCN(CC)C1=Cc2oc3ccccc3c2C[C@@H]1C=O. The summed E-state index contributed by atoms with van der Waals surface area (Å²) in [5.41, 5.74) is 3.14. The van der Waals surface area contributed by atoms with E-state index < -0.39 is 0 Å². The molecule has 0 saturated carbocycles. The van der Waals surface area contributed by atoms with Crippen LogP contribution in [0.5, 0.6) is 0 Å². The zero-order valence-electron chi connectivity index (χ0n) is 11.9. The summed E-state index contributed by atoms with van der Waals surface area (Å²) in [5.74, 6) is 0.842. The number of aldehydes is 1. The number of hydrogen-bond donors (Lipinski definition) is 0. The average molecular weight is 269 g/mol. The fourth-order valence-corrected chi connectivity index (χ4v) is 3.04. The van der Waals surface area contributed by atoms with Gasteiger partial charge in [0.15, 0.2) is 0 Å². The number of rotatable bonds is 4. The van der Waals surface area contributed by atoms with Crippen LogP contribution < -0.4 is 0 Å². The molecule has 0 unspecified atom stereocenters. The van der Waals surface area contributed by atoms with Crippen molar-refractivity contribution in [2.75, 3.05) is 13.1 Å². The number of nitrogens with zero attached hydrogens (tertiary/aromatic N) is 1. The van der Waals surface area contributed by atoms with Crippen LogP contribution in [0.3, 0.4) is 0 Å². The van der Waals surface area contributed by atoms with Gasteiger partial charge in [0, 0.05) is 35.8 Å². The van der Waals surface area contributed by atoms with E-state index in [0.29, 0.717) is 0 Å². The first-order chi connectivity index (χ1) is 9.78. The zero-order chi connectivity index (χ0) is 14.1. The van der Waals surface area contributed by atoms with Crippen molar-refractivity contribution >= 4 is 23.3 Å². The second kappa shape index (κ2) is 5.16. The van der Waals surface area contributed by atoms with E-state index in [1.165, 1.54) is 0 Å². The Balaban J connectivity index is 2.14. The van der Waals surface area contributed by atoms with Gasteiger partial charge in [-0.15, -0.1) is 0 Å². The van der Waals surface area contributed by atoms with E-state index in [1.807, 2.05) is 24.3 Å². The molecule has 3 nitrogen and oxygen atoms in total. The normalized spacial score (nSPS) is 17.7. The van der Waals surface area contributed by atoms with Gasteiger partial charge in [0.05, 0.1) is 5.92 Å². The van der Waals surface area contributed by atoms with E-state index in [9.17, 15) is 4.79 Å². The van der Waals surface area contributed by atoms with Crippen LogP contribution in [-0.2, 0) is 11.2 Å². The van der Waals surface area contributed by atoms with E-state index in [4.69, 9.17) is 4.42 Å². The highest BCUT2D eigenvalue weighted by atomic mass is 16.3. The minimum Gasteiger partial charge on any atom is -0.456 e. The minimum atomic E-state index is -0.0663. The minimum absolute atomic E-state index is 0.0663. The van der Waals surface area contributed by atoms with Crippen LogP contribution >= 0.6 is 0 Å². The van der Waals surface area contributed by atoms with Gasteiger partial charge < -0.3 is 14.1 Å². The first kappa shape index (κ1) is 13.0. The van der Waals surface area contributed by atoms with Crippen molar-refractivity contribution in [1.82, 2.24) is 4.90 Å². The van der Waals surface area contributed by atoms with Crippen molar-refractivity contribution in [2.24, 2.45) is 5.92 Å². The maximum absolute atomic E-state index is 11.5. The predicted octanol–water partition coefficient (Wildman–Crippen LogP) is 3.49. The smallest absolute Gasteiger partial charge is 0.135 e. The summed E-state index contributed by atoms with van der Waals surface area (Å²) in [7, 11) is 0. The van der Waals surface area contributed by atoms with Crippen molar-refractivity contribution < 1.29 is 9.21 Å². The Hall–Kier alpha value is -2.03. The Morgan fingerprint density at radius 3 is 2.75 bits per heavy atom. The van der Waals surface area contributed by atoms with E-state index in [2.05, 4.69) is 24.8 Å². The molecule has 0 N–H and O–H groups in total. The van der Waals surface area contributed by atoms with E-state index in [1.54, 1.807) is 0 Å². The van der Waals surface area contributed by atoms with Gasteiger partial charge in [0.1, 0.15) is 17.6 Å². The largest absolute Gasteiger partial charge is 0.456 e. The van der Waals surface area contributed by atoms with Crippen LogP contribution in [0.25, 0.3) is 17.0 Å². The van der Waals surface area contributed by atoms with E-state index in [0.717, 1.165) is 53.8 Å². The number of allylic oxidation sites excluding steroid dienone is 1. The third kappa shape index (κ3) is 1.94. The number of carbonyl (C=O) groups is 1. The highest BCUT2D eigenvalue weighted by Gasteiger charge is 2.27. The molecule has 0 fully saturated rings. The van der Waals surface area contributed by atoms with Gasteiger partial charge in [0.2, 0.25) is 0 Å². The third-order valence-corrected chi connectivity index (χ3v) is 4.11. The van der Waals surface area contributed by atoms with Crippen molar-refractivity contribution in [2.45, 2.75) is 20.3 Å². The first-order valence-electron chi connectivity index (χ1n) is 7.20. The van der Waals surface area contributed by atoms with Crippen LogP contribution in [0.15, 0.2) is 34.4 Å². The molecular formula is C17H19NO2. The van der Waals surface area contributed by atoms with Gasteiger partial charge in [-0.2, -0.15) is 0 Å². The van der Waals surface area contributed by atoms with Gasteiger partial charge in [-0.05, 0) is 26.3 Å². The second-order valence-electron chi connectivity index (χ2n) is 5.13. The van der Waals surface area contributed by atoms with E-state index >= 15 is 0 Å². The van der Waals surface area contributed by atoms with Gasteiger partial charge >= 0.3 is 0 Å². The molecule has 20 heavy (non-hydrogen) atoms. The van der Waals surface area contributed by atoms with Crippen molar-refractivity contribution in [1.29, 1.82) is 0 Å². The molecule has 104 valence electrons. The Morgan fingerprint density at radius 1 is 1.30 bits per heavy atom. The summed E-state index contributed by atoms with van der Waals surface area (Å²) >= 11 is 0. The first-order valence-corrected chi connectivity index (χ1v) is 7.20. The molecule has 0 bridgehead atoms. The summed E-state index contributed by atoms with van der Waals surface area (Å²) in [4.78, 5) is 13.7. The fraction of sp³-hybridized carbons (Fsp3) is 0.353. The third-order valence-electron chi connectivity index (χ3n) is 4.11. The average Bonchev–Trinajstić information content (AvgIpc) is 2.85. The van der Waals surface area contributed by atoms with Crippen LogP contribution in [0.4, 0.5) is 0 Å². The summed E-state index contributed by atoms with van der Waals surface area (Å²) in [6.07, 6.45) is 3.85. The number of furan rings is 1. The summed E-state index contributed by atoms with van der Waals surface area (Å²) < 4.78 is 5.93. The lowest BCUT2D eigenvalue weighted by Gasteiger charge is -2.30. The number of hydrogen-bond acceptors (Lipinski definition) is 3. The molecule has 0 aliphatic heterocycles. The van der Waals surface area contributed by atoms with Gasteiger partial charge in [-0.25, -0.2) is 0 Å². The second-order valence-corrected chi connectivity index (χ2v) is 5.13. The molecule has 1 aromatic carbocycles. The number of carbonyl (C=O) groups excluding carboxylic acids is 1. The van der Waals surface area contributed by atoms with Gasteiger partial charge in [0.25, 0.3) is 0 Å². The molecule has 0 spiro atoms. The zero-order valence-corrected chi connectivity index (χ0v) is 11.9. The van der Waals surface area contributed by atoms with Gasteiger partial charge in [-0.3, -0.25) is 0 Å². The molecule has 0 saturated heterocycles. The monoisotopic (exact) mass is 269 g/mol. The molecule has 1 aliphatic carbocycles. The lowest BCUT2D eigenvalue weighted by Crippen LogP contribution is -2.30. The highest BCUT2D eigenvalue weighted by molar-refractivity contribution is 5.86. The standard InChI is InChI=1S/C17H19NO2/c1-3-18(4-2)15-10-17-14(9-12(15)11-19)13-7-5-6-8-16(13)20-17/h5-8,10-12H,3-4,9H2,1-2H3/t12-/m1/s1. The van der Waals surface area contributed by atoms with Gasteiger partial charge in [-0.1, -0.05) is 18.2 Å². The molecule has 1 atom stereocenters. The molecule has 2 aromatic rings. The Kier molecular flexibility index (Phi) is 3.35. The molecule has 3 heteroatoms. The molecule has 1 aromatic heterocycles. The number of benzene rings is 1. The molecule has 1 heterocycles. The van der Waals surface area contributed by atoms with E-state index in [-0.39, 0.29) is 5.92 Å². The van der Waals surface area contributed by atoms with Crippen LogP contribution in [0.2, 0.25) is 0 Å². The highest BCUT2D eigenvalue weighted by Crippen LogP contribution is 2.36. The Morgan fingerprint density at radius 2 is 2.05 bits per heavy atom. The summed E-state index contributed by atoms with van der Waals surface area (Å²) in [6.45, 7) is 6.03. The van der Waals surface area contributed by atoms with Crippen LogP contribution in [0.1, 0.15) is 25.2 Å². The van der Waals surface area contributed by atoms with Crippen molar-refractivity contribution in [3.63, 3.8) is 0 Å². The molecule has 0 radical (unpaired) electrons. The topological polar surface area (TPSA) is 33.5 Å². The molecule has 3 rings (SSSR count). The molecule has 1 aliphatic rings. The lowest BCUT2D eigenvalue weighted by atomic mass is 9.89. The Bertz CT molecular complexity index is 665. The van der Waals surface area contributed by atoms with Crippen molar-refractivity contribution in [3.05, 3.63) is 41.3 Å². The van der Waals surface area contributed by atoms with Crippen LogP contribution in [0, 0.1) is 5.92 Å². The summed E-state index contributed by atoms with van der Waals surface area (Å²) in [5, 5.41) is 1.13. The Labute approximate surface area is 118 Å². The van der Waals surface area contributed by atoms with Crippen molar-refractivity contribution in [3.8, 4) is 0 Å². The van der Waals surface area contributed by atoms with Crippen LogP contribution in [-0.4, -0.2) is 24.3 Å². The maximum atomic E-state index is 11.5. The number of para-hydroxylation sites is 1. The number of fused-ring (bicyclic) bond motifs is 3. The maximum Gasteiger partial charge on any atom is 0.135 e.